The number of carbonyl (C=O) groups is 2. The minimum Gasteiger partial charge on any atom is -0.444 e. The van der Waals surface area contributed by atoms with Gasteiger partial charge < -0.3 is 15.0 Å². The van der Waals surface area contributed by atoms with Crippen LogP contribution >= 0.6 is 0 Å². The molecule has 2 rings (SSSR count). The number of hydrogen-bond donors (Lipinski definition) is 1. The van der Waals surface area contributed by atoms with Crippen molar-refractivity contribution in [2.45, 2.75) is 70.9 Å². The lowest BCUT2D eigenvalue weighted by Gasteiger charge is -2.28. The van der Waals surface area contributed by atoms with Gasteiger partial charge in [-0.3, -0.25) is 4.79 Å². The van der Waals surface area contributed by atoms with E-state index in [4.69, 9.17) is 4.74 Å². The molecule has 1 heterocycles. The van der Waals surface area contributed by atoms with Gasteiger partial charge >= 0.3 is 6.09 Å². The van der Waals surface area contributed by atoms with Crippen molar-refractivity contribution in [1.82, 2.24) is 10.2 Å². The zero-order valence-corrected chi connectivity index (χ0v) is 14.7. The molecule has 0 bridgehead atoms. The van der Waals surface area contributed by atoms with Gasteiger partial charge in [0.15, 0.2) is 0 Å². The molecule has 23 heavy (non-hydrogen) atoms. The summed E-state index contributed by atoms with van der Waals surface area (Å²) >= 11 is 0. The molecule has 2 amide bonds. The molecule has 130 valence electrons. The molecular weight excluding hydrogens is 292 g/mol. The van der Waals surface area contributed by atoms with Crippen molar-refractivity contribution in [2.24, 2.45) is 5.41 Å². The Morgan fingerprint density at radius 1 is 1.35 bits per heavy atom. The number of allylic oxidation sites excluding steroid dienone is 1. The van der Waals surface area contributed by atoms with E-state index in [1.807, 2.05) is 26.8 Å². The van der Waals surface area contributed by atoms with Crippen molar-refractivity contribution in [2.75, 3.05) is 13.1 Å². The smallest absolute Gasteiger partial charge is 0.410 e. The van der Waals surface area contributed by atoms with Gasteiger partial charge in [-0.1, -0.05) is 18.9 Å². The van der Waals surface area contributed by atoms with Crippen LogP contribution < -0.4 is 5.32 Å². The number of nitrogens with zero attached hydrogens (tertiary/aromatic N) is 1. The van der Waals surface area contributed by atoms with Crippen LogP contribution in [0, 0.1) is 5.41 Å². The number of hydrogen-bond acceptors (Lipinski definition) is 3. The average molecular weight is 322 g/mol. The summed E-state index contributed by atoms with van der Waals surface area (Å²) in [6, 6.07) is 0.0253. The molecule has 0 radical (unpaired) electrons. The summed E-state index contributed by atoms with van der Waals surface area (Å²) in [5.41, 5.74) is -0.766. The number of likely N-dealkylation sites (tertiary alicyclic amines) is 1. The minimum absolute atomic E-state index is 0.0253. The third kappa shape index (κ3) is 4.49. The van der Waals surface area contributed by atoms with Gasteiger partial charge in [0.25, 0.3) is 0 Å². The van der Waals surface area contributed by atoms with E-state index in [-0.39, 0.29) is 23.5 Å². The number of amides is 2. The highest BCUT2D eigenvalue weighted by Crippen LogP contribution is 2.41. The summed E-state index contributed by atoms with van der Waals surface area (Å²) in [6.45, 7) is 10.6. The molecule has 1 aliphatic heterocycles. The Hall–Kier alpha value is -1.52. The molecule has 2 aliphatic rings. The minimum atomic E-state index is -0.490. The van der Waals surface area contributed by atoms with Gasteiger partial charge in [0.2, 0.25) is 5.91 Å². The fourth-order valence-electron chi connectivity index (χ4n) is 3.56. The van der Waals surface area contributed by atoms with Gasteiger partial charge in [0.05, 0.1) is 5.41 Å². The molecular formula is C18H30N2O3. The standard InChI is InChI=1S/C18H30N2O3/c1-5-9-18(10-6-7-11-18)15(21)19-14-8-12-20(13-14)16(22)23-17(2,3)4/h5,14H,1,6-13H2,2-4H3,(H,19,21). The Balaban J connectivity index is 1.88. The first-order valence-electron chi connectivity index (χ1n) is 8.65. The first kappa shape index (κ1) is 17.8. The predicted molar refractivity (Wildman–Crippen MR) is 90.1 cm³/mol. The van der Waals surface area contributed by atoms with Crippen LogP contribution in [0.4, 0.5) is 4.79 Å². The number of carbonyl (C=O) groups excluding carboxylic acids is 2. The van der Waals surface area contributed by atoms with Gasteiger partial charge in [0.1, 0.15) is 5.60 Å². The molecule has 0 aromatic heterocycles. The maximum absolute atomic E-state index is 12.7. The summed E-state index contributed by atoms with van der Waals surface area (Å²) < 4.78 is 5.39. The van der Waals surface area contributed by atoms with Crippen molar-refractivity contribution in [1.29, 1.82) is 0 Å². The third-order valence-corrected chi connectivity index (χ3v) is 4.75. The van der Waals surface area contributed by atoms with Gasteiger partial charge in [-0.2, -0.15) is 0 Å². The lowest BCUT2D eigenvalue weighted by Crippen LogP contribution is -2.46. The van der Waals surface area contributed by atoms with Crippen molar-refractivity contribution in [3.05, 3.63) is 12.7 Å². The molecule has 2 fully saturated rings. The quantitative estimate of drug-likeness (QED) is 0.808. The van der Waals surface area contributed by atoms with Crippen molar-refractivity contribution < 1.29 is 14.3 Å². The van der Waals surface area contributed by atoms with Crippen LogP contribution in [-0.2, 0) is 9.53 Å². The summed E-state index contributed by atoms with van der Waals surface area (Å²) in [5, 5.41) is 3.16. The summed E-state index contributed by atoms with van der Waals surface area (Å²) in [4.78, 5) is 26.5. The molecule has 1 aliphatic carbocycles. The second kappa shape index (κ2) is 6.93. The van der Waals surface area contributed by atoms with E-state index >= 15 is 0 Å². The third-order valence-electron chi connectivity index (χ3n) is 4.75. The van der Waals surface area contributed by atoms with Crippen LogP contribution in [0.5, 0.6) is 0 Å². The van der Waals surface area contributed by atoms with E-state index in [0.29, 0.717) is 13.1 Å². The van der Waals surface area contributed by atoms with Gasteiger partial charge in [-0.05, 0) is 46.5 Å². The lowest BCUT2D eigenvalue weighted by molar-refractivity contribution is -0.131. The van der Waals surface area contributed by atoms with Crippen molar-refractivity contribution >= 4 is 12.0 Å². The van der Waals surface area contributed by atoms with Crippen LogP contribution in [0.1, 0.15) is 59.3 Å². The highest BCUT2D eigenvalue weighted by molar-refractivity contribution is 5.83. The second-order valence-corrected chi connectivity index (χ2v) is 7.87. The largest absolute Gasteiger partial charge is 0.444 e. The fourth-order valence-corrected chi connectivity index (χ4v) is 3.56. The maximum Gasteiger partial charge on any atom is 0.410 e. The topological polar surface area (TPSA) is 58.6 Å². The highest BCUT2D eigenvalue weighted by Gasteiger charge is 2.41. The highest BCUT2D eigenvalue weighted by atomic mass is 16.6. The Morgan fingerprint density at radius 3 is 2.57 bits per heavy atom. The normalized spacial score (nSPS) is 23.6. The van der Waals surface area contributed by atoms with Gasteiger partial charge in [0, 0.05) is 19.1 Å². The van der Waals surface area contributed by atoms with Crippen LogP contribution in [0.15, 0.2) is 12.7 Å². The Morgan fingerprint density at radius 2 is 2.00 bits per heavy atom. The number of ether oxygens (including phenoxy) is 1. The van der Waals surface area contributed by atoms with E-state index in [1.165, 1.54) is 0 Å². The van der Waals surface area contributed by atoms with Gasteiger partial charge in [-0.25, -0.2) is 4.79 Å². The molecule has 1 saturated heterocycles. The monoisotopic (exact) mass is 322 g/mol. The first-order chi connectivity index (χ1) is 10.8. The molecule has 0 aromatic rings. The SMILES string of the molecule is C=CCC1(C(=O)NC2CCN(C(=O)OC(C)(C)C)C2)CCCC1. The summed E-state index contributed by atoms with van der Waals surface area (Å²) in [5.74, 6) is 0.130. The molecule has 5 heteroatoms. The van der Waals surface area contributed by atoms with Crippen molar-refractivity contribution in [3.8, 4) is 0 Å². The zero-order valence-electron chi connectivity index (χ0n) is 14.7. The molecule has 1 N–H and O–H groups in total. The maximum atomic E-state index is 12.7. The lowest BCUT2D eigenvalue weighted by atomic mass is 9.81. The van der Waals surface area contributed by atoms with Crippen LogP contribution in [0.3, 0.4) is 0 Å². The van der Waals surface area contributed by atoms with Crippen LogP contribution in [-0.4, -0.2) is 41.6 Å². The fraction of sp³-hybridized carbons (Fsp3) is 0.778. The molecule has 0 spiro atoms. The van der Waals surface area contributed by atoms with E-state index in [2.05, 4.69) is 11.9 Å². The van der Waals surface area contributed by atoms with Gasteiger partial charge in [-0.15, -0.1) is 6.58 Å². The summed E-state index contributed by atoms with van der Waals surface area (Å²) in [6.07, 6.45) is 7.17. The Bertz CT molecular complexity index is 461. The molecule has 0 aromatic carbocycles. The summed E-state index contributed by atoms with van der Waals surface area (Å²) in [7, 11) is 0. The zero-order chi connectivity index (χ0) is 17.1. The average Bonchev–Trinajstić information content (AvgIpc) is 3.07. The van der Waals surface area contributed by atoms with Crippen LogP contribution in [0.2, 0.25) is 0 Å². The van der Waals surface area contributed by atoms with Crippen molar-refractivity contribution in [3.63, 3.8) is 0 Å². The van der Waals surface area contributed by atoms with E-state index in [0.717, 1.165) is 38.5 Å². The number of nitrogens with one attached hydrogen (secondary N) is 1. The Labute approximate surface area is 139 Å². The molecule has 1 unspecified atom stereocenters. The Kier molecular flexibility index (Phi) is 5.37. The first-order valence-corrected chi connectivity index (χ1v) is 8.65. The number of rotatable bonds is 4. The van der Waals surface area contributed by atoms with E-state index in [9.17, 15) is 9.59 Å². The molecule has 1 atom stereocenters. The second-order valence-electron chi connectivity index (χ2n) is 7.87. The van der Waals surface area contributed by atoms with E-state index in [1.54, 1.807) is 4.90 Å². The predicted octanol–water partition coefficient (Wildman–Crippen LogP) is 3.25. The van der Waals surface area contributed by atoms with E-state index < -0.39 is 5.60 Å². The molecule has 1 saturated carbocycles. The molecule has 5 nitrogen and oxygen atoms in total. The van der Waals surface area contributed by atoms with Crippen LogP contribution in [0.25, 0.3) is 0 Å².